The van der Waals surface area contributed by atoms with Crippen LogP contribution < -0.4 is 5.32 Å². The Hall–Kier alpha value is -5.86. The van der Waals surface area contributed by atoms with Crippen molar-refractivity contribution >= 4 is 22.5 Å². The zero-order valence-electron chi connectivity index (χ0n) is 29.6. The SMILES string of the molecule is O=C(Nc1cccc(-c2nn(C3CCCCO3)c3ccc(-c4ncn(C(c5ccccc5)(c5ccccc5)c5ccccc5)n4)cc23)c1)C1CCCC1. The summed E-state index contributed by atoms with van der Waals surface area (Å²) in [6.07, 6.45) is 8.91. The average molecular weight is 699 g/mol. The summed E-state index contributed by atoms with van der Waals surface area (Å²) in [6, 6.07) is 45.9. The van der Waals surface area contributed by atoms with E-state index in [0.29, 0.717) is 5.82 Å². The van der Waals surface area contributed by atoms with Gasteiger partial charge in [0.1, 0.15) is 17.6 Å². The third-order valence-corrected chi connectivity index (χ3v) is 10.9. The Morgan fingerprint density at radius 1 is 0.679 bits per heavy atom. The Bertz CT molecular complexity index is 2240. The Labute approximate surface area is 309 Å². The zero-order chi connectivity index (χ0) is 35.6. The van der Waals surface area contributed by atoms with Crippen LogP contribution in [0.25, 0.3) is 33.5 Å². The number of hydrogen-bond donors (Lipinski definition) is 1. The highest BCUT2D eigenvalue weighted by molar-refractivity contribution is 5.97. The zero-order valence-corrected chi connectivity index (χ0v) is 29.6. The standard InChI is InChI=1S/C45H42N6O2/c52-44(32-15-10-11-16-32)47-38-24-14-17-33(29-38)42-39-30-34(26-27-40(39)51(48-42)41-25-12-13-28-53-41)43-46-31-50(49-43)45(35-18-4-1-5-19-35,36-20-6-2-7-21-36)37-22-8-3-9-23-37/h1-9,14,17-24,26-27,29-32,41H,10-13,15-16,25,28H2,(H,47,52). The summed E-state index contributed by atoms with van der Waals surface area (Å²) in [4.78, 5) is 18.0. The van der Waals surface area contributed by atoms with Crippen molar-refractivity contribution in [2.45, 2.75) is 56.7 Å². The minimum absolute atomic E-state index is 0.0846. The molecule has 2 aromatic heterocycles. The molecule has 8 heteroatoms. The van der Waals surface area contributed by atoms with Gasteiger partial charge in [-0.15, -0.1) is 5.10 Å². The number of benzene rings is 5. The number of carbonyl (C=O) groups excluding carboxylic acids is 1. The molecule has 2 aliphatic rings. The van der Waals surface area contributed by atoms with Gasteiger partial charge >= 0.3 is 0 Å². The Balaban J connectivity index is 1.16. The Morgan fingerprint density at radius 2 is 1.34 bits per heavy atom. The third kappa shape index (κ3) is 6.13. The van der Waals surface area contributed by atoms with Crippen LogP contribution in [0, 0.1) is 5.92 Å². The summed E-state index contributed by atoms with van der Waals surface area (Å²) < 4.78 is 10.3. The molecule has 0 radical (unpaired) electrons. The molecule has 264 valence electrons. The van der Waals surface area contributed by atoms with Crippen LogP contribution in [-0.4, -0.2) is 37.1 Å². The number of amides is 1. The van der Waals surface area contributed by atoms with Crippen LogP contribution in [0.15, 0.2) is 140 Å². The van der Waals surface area contributed by atoms with Crippen molar-refractivity contribution in [3.63, 3.8) is 0 Å². The second kappa shape index (κ2) is 14.3. The predicted molar refractivity (Wildman–Crippen MR) is 208 cm³/mol. The van der Waals surface area contributed by atoms with Gasteiger partial charge in [-0.2, -0.15) is 5.10 Å². The van der Waals surface area contributed by atoms with Gasteiger partial charge in [0.05, 0.1) is 5.52 Å². The first kappa shape index (κ1) is 33.0. The van der Waals surface area contributed by atoms with Gasteiger partial charge in [0, 0.05) is 34.7 Å². The van der Waals surface area contributed by atoms with E-state index in [2.05, 4.69) is 102 Å². The van der Waals surface area contributed by atoms with Gasteiger partial charge in [0.25, 0.3) is 0 Å². The van der Waals surface area contributed by atoms with Gasteiger partial charge in [-0.05, 0) is 79.1 Å². The van der Waals surface area contributed by atoms with Gasteiger partial charge in [-0.25, -0.2) is 14.3 Å². The topological polar surface area (TPSA) is 86.9 Å². The lowest BCUT2D eigenvalue weighted by molar-refractivity contribution is -0.119. The van der Waals surface area contributed by atoms with Crippen molar-refractivity contribution in [1.29, 1.82) is 0 Å². The fraction of sp³-hybridized carbons (Fsp3) is 0.244. The minimum Gasteiger partial charge on any atom is -0.356 e. The number of rotatable bonds is 9. The maximum Gasteiger partial charge on any atom is 0.227 e. The molecular formula is C45H42N6O2. The molecular weight excluding hydrogens is 657 g/mol. The number of ether oxygens (including phenoxy) is 1. The summed E-state index contributed by atoms with van der Waals surface area (Å²) in [5.41, 5.74) is 6.91. The summed E-state index contributed by atoms with van der Waals surface area (Å²) in [7, 11) is 0. The fourth-order valence-corrected chi connectivity index (χ4v) is 8.30. The van der Waals surface area contributed by atoms with Gasteiger partial charge in [-0.1, -0.05) is 116 Å². The van der Waals surface area contributed by atoms with Crippen molar-refractivity contribution in [3.05, 3.63) is 156 Å². The van der Waals surface area contributed by atoms with E-state index in [1.807, 2.05) is 52.1 Å². The van der Waals surface area contributed by atoms with E-state index in [1.165, 1.54) is 0 Å². The van der Waals surface area contributed by atoms with Crippen LogP contribution >= 0.6 is 0 Å². The lowest BCUT2D eigenvalue weighted by Gasteiger charge is -2.35. The van der Waals surface area contributed by atoms with E-state index in [-0.39, 0.29) is 18.1 Å². The smallest absolute Gasteiger partial charge is 0.227 e. The quantitative estimate of drug-likeness (QED) is 0.152. The molecule has 1 saturated heterocycles. The van der Waals surface area contributed by atoms with Crippen LogP contribution in [0.5, 0.6) is 0 Å². The highest BCUT2D eigenvalue weighted by atomic mass is 16.5. The largest absolute Gasteiger partial charge is 0.356 e. The van der Waals surface area contributed by atoms with E-state index in [1.54, 1.807) is 0 Å². The number of fused-ring (bicyclic) bond motifs is 1. The second-order valence-electron chi connectivity index (χ2n) is 14.2. The van der Waals surface area contributed by atoms with Crippen LogP contribution in [-0.2, 0) is 15.1 Å². The highest BCUT2D eigenvalue weighted by Crippen LogP contribution is 2.41. The highest BCUT2D eigenvalue weighted by Gasteiger charge is 2.40. The molecule has 1 unspecified atom stereocenters. The fourth-order valence-electron chi connectivity index (χ4n) is 8.30. The molecule has 5 aromatic carbocycles. The normalized spacial score (nSPS) is 16.6. The predicted octanol–water partition coefficient (Wildman–Crippen LogP) is 9.63. The number of anilines is 1. The first-order chi connectivity index (χ1) is 26.2. The maximum atomic E-state index is 13.1. The molecule has 1 aliphatic carbocycles. The molecule has 8 nitrogen and oxygen atoms in total. The first-order valence-electron chi connectivity index (χ1n) is 18.8. The van der Waals surface area contributed by atoms with Crippen LogP contribution in [0.3, 0.4) is 0 Å². The summed E-state index contributed by atoms with van der Waals surface area (Å²) in [6.45, 7) is 0.718. The van der Waals surface area contributed by atoms with E-state index < -0.39 is 5.54 Å². The number of hydrogen-bond acceptors (Lipinski definition) is 5. The molecule has 0 bridgehead atoms. The first-order valence-corrected chi connectivity index (χ1v) is 18.8. The number of nitrogens with zero attached hydrogens (tertiary/aromatic N) is 5. The van der Waals surface area contributed by atoms with Crippen molar-refractivity contribution in [3.8, 4) is 22.6 Å². The maximum absolute atomic E-state index is 13.1. The molecule has 2 fully saturated rings. The van der Waals surface area contributed by atoms with Crippen molar-refractivity contribution in [2.24, 2.45) is 5.92 Å². The summed E-state index contributed by atoms with van der Waals surface area (Å²) in [5.74, 6) is 0.804. The summed E-state index contributed by atoms with van der Waals surface area (Å²) in [5, 5.41) is 14.7. The van der Waals surface area contributed by atoms with Crippen molar-refractivity contribution in [1.82, 2.24) is 24.5 Å². The Morgan fingerprint density at radius 3 is 1.98 bits per heavy atom. The number of aromatic nitrogens is 5. The lowest BCUT2D eigenvalue weighted by Crippen LogP contribution is -2.38. The molecule has 1 N–H and O–H groups in total. The monoisotopic (exact) mass is 698 g/mol. The van der Waals surface area contributed by atoms with E-state index in [0.717, 1.165) is 102 Å². The molecule has 3 heterocycles. The number of carbonyl (C=O) groups is 1. The Kier molecular flexibility index (Phi) is 8.89. The molecule has 9 rings (SSSR count). The molecule has 1 saturated carbocycles. The van der Waals surface area contributed by atoms with Crippen LogP contribution in [0.1, 0.15) is 67.9 Å². The van der Waals surface area contributed by atoms with E-state index in [9.17, 15) is 4.79 Å². The van der Waals surface area contributed by atoms with Crippen LogP contribution in [0.2, 0.25) is 0 Å². The van der Waals surface area contributed by atoms with Crippen molar-refractivity contribution in [2.75, 3.05) is 11.9 Å². The van der Waals surface area contributed by atoms with Gasteiger partial charge < -0.3 is 10.1 Å². The van der Waals surface area contributed by atoms with Gasteiger partial charge in [-0.3, -0.25) is 4.79 Å². The van der Waals surface area contributed by atoms with Crippen molar-refractivity contribution < 1.29 is 9.53 Å². The van der Waals surface area contributed by atoms with Crippen LogP contribution in [0.4, 0.5) is 5.69 Å². The van der Waals surface area contributed by atoms with E-state index in [4.69, 9.17) is 19.9 Å². The molecule has 1 aliphatic heterocycles. The molecule has 1 amide bonds. The number of nitrogens with one attached hydrogen (secondary N) is 1. The molecule has 0 spiro atoms. The molecule has 1 atom stereocenters. The average Bonchev–Trinajstić information content (AvgIpc) is 4.02. The minimum atomic E-state index is -0.767. The third-order valence-electron chi connectivity index (χ3n) is 10.9. The summed E-state index contributed by atoms with van der Waals surface area (Å²) >= 11 is 0. The lowest BCUT2D eigenvalue weighted by atomic mass is 9.77. The molecule has 53 heavy (non-hydrogen) atoms. The van der Waals surface area contributed by atoms with Gasteiger partial charge in [0.2, 0.25) is 5.91 Å². The molecule has 7 aromatic rings. The van der Waals surface area contributed by atoms with Gasteiger partial charge in [0.15, 0.2) is 12.1 Å². The second-order valence-corrected chi connectivity index (χ2v) is 14.2. The van der Waals surface area contributed by atoms with E-state index >= 15 is 0 Å².